The fraction of sp³-hybridized carbons (Fsp3) is 0.308. The number of nitrogens with zero attached hydrogens (tertiary/aromatic N) is 1. The fourth-order valence-electron chi connectivity index (χ4n) is 1.27. The fourth-order valence-corrected chi connectivity index (χ4v) is 1.27. The average Bonchev–Trinajstić information content (AvgIpc) is 2.44. The molecule has 1 aromatic carbocycles. The van der Waals surface area contributed by atoms with Crippen LogP contribution in [0.15, 0.2) is 18.2 Å². The third kappa shape index (κ3) is 4.32. The van der Waals surface area contributed by atoms with E-state index in [1.807, 2.05) is 0 Å². The average molecular weight is 263 g/mol. The van der Waals surface area contributed by atoms with E-state index in [-0.39, 0.29) is 6.61 Å². The van der Waals surface area contributed by atoms with E-state index in [4.69, 9.17) is 19.5 Å². The summed E-state index contributed by atoms with van der Waals surface area (Å²) in [4.78, 5) is 21.9. The van der Waals surface area contributed by atoms with Gasteiger partial charge in [0, 0.05) is 5.56 Å². The summed E-state index contributed by atoms with van der Waals surface area (Å²) in [7, 11) is 1.42. The first-order valence-electron chi connectivity index (χ1n) is 5.45. The predicted octanol–water partition coefficient (Wildman–Crippen LogP) is 1.34. The highest BCUT2D eigenvalue weighted by Gasteiger charge is 2.11. The van der Waals surface area contributed by atoms with E-state index < -0.39 is 12.1 Å². The molecular weight excluding hydrogens is 250 g/mol. The van der Waals surface area contributed by atoms with Crippen LogP contribution in [0.2, 0.25) is 0 Å². The maximum Gasteiger partial charge on any atom is 0.345 e. The molecule has 0 aromatic heterocycles. The van der Waals surface area contributed by atoms with Crippen LogP contribution in [-0.4, -0.2) is 32.1 Å². The summed E-state index contributed by atoms with van der Waals surface area (Å²) in [6, 6.07) is 6.31. The van der Waals surface area contributed by atoms with Crippen LogP contribution in [0.4, 0.5) is 0 Å². The molecule has 0 fully saturated rings. The van der Waals surface area contributed by atoms with Gasteiger partial charge in [0.25, 0.3) is 0 Å². The minimum Gasteiger partial charge on any atom is -0.493 e. The van der Waals surface area contributed by atoms with Gasteiger partial charge >= 0.3 is 5.97 Å². The molecule has 0 N–H and O–H groups in total. The molecule has 0 amide bonds. The zero-order valence-corrected chi connectivity index (χ0v) is 10.6. The topological polar surface area (TPSA) is 85.6 Å². The van der Waals surface area contributed by atoms with Gasteiger partial charge in [-0.2, -0.15) is 5.26 Å². The van der Waals surface area contributed by atoms with Gasteiger partial charge in [0.1, 0.15) is 12.4 Å². The zero-order chi connectivity index (χ0) is 14.3. The van der Waals surface area contributed by atoms with E-state index >= 15 is 0 Å². The van der Waals surface area contributed by atoms with Crippen molar-refractivity contribution in [1.82, 2.24) is 0 Å². The zero-order valence-electron chi connectivity index (χ0n) is 10.6. The van der Waals surface area contributed by atoms with Gasteiger partial charge in [-0.15, -0.1) is 0 Å². The van der Waals surface area contributed by atoms with Crippen molar-refractivity contribution in [2.45, 2.75) is 13.0 Å². The molecule has 0 unspecified atom stereocenters. The van der Waals surface area contributed by atoms with Crippen LogP contribution in [0.1, 0.15) is 17.3 Å². The van der Waals surface area contributed by atoms with Crippen molar-refractivity contribution in [2.24, 2.45) is 0 Å². The summed E-state index contributed by atoms with van der Waals surface area (Å²) in [5, 5.41) is 8.49. The SMILES string of the molecule is COc1cc(C=O)ccc1OCC(=O)O[C@H](C)C#N. The maximum absolute atomic E-state index is 11.3. The molecule has 0 bridgehead atoms. The molecule has 0 aliphatic rings. The van der Waals surface area contributed by atoms with Crippen molar-refractivity contribution < 1.29 is 23.8 Å². The Hall–Kier alpha value is -2.55. The van der Waals surface area contributed by atoms with Crippen molar-refractivity contribution in [3.8, 4) is 17.6 Å². The maximum atomic E-state index is 11.3. The van der Waals surface area contributed by atoms with E-state index in [1.54, 1.807) is 6.07 Å². The minimum absolute atomic E-state index is 0.315. The van der Waals surface area contributed by atoms with Gasteiger partial charge in [0.05, 0.1) is 7.11 Å². The Kier molecular flexibility index (Phi) is 5.35. The van der Waals surface area contributed by atoms with E-state index in [0.717, 1.165) is 0 Å². The first-order valence-corrected chi connectivity index (χ1v) is 5.45. The van der Waals surface area contributed by atoms with Crippen LogP contribution < -0.4 is 9.47 Å². The number of hydrogen-bond acceptors (Lipinski definition) is 6. The van der Waals surface area contributed by atoms with Crippen LogP contribution in [0.25, 0.3) is 0 Å². The Balaban J connectivity index is 2.65. The first kappa shape index (κ1) is 14.5. The number of nitriles is 1. The number of rotatable bonds is 6. The van der Waals surface area contributed by atoms with Crippen molar-refractivity contribution in [3.05, 3.63) is 23.8 Å². The highest BCUT2D eigenvalue weighted by atomic mass is 16.6. The number of carbonyl (C=O) groups is 2. The number of methoxy groups -OCH3 is 1. The van der Waals surface area contributed by atoms with Gasteiger partial charge in [-0.3, -0.25) is 4.79 Å². The number of carbonyl (C=O) groups excluding carboxylic acids is 2. The second-order valence-corrected chi connectivity index (χ2v) is 3.58. The van der Waals surface area contributed by atoms with Crippen LogP contribution in [0, 0.1) is 11.3 Å². The molecule has 0 aliphatic heterocycles. The molecule has 0 saturated heterocycles. The lowest BCUT2D eigenvalue weighted by Crippen LogP contribution is -2.19. The van der Waals surface area contributed by atoms with E-state index in [1.165, 1.54) is 32.2 Å². The molecule has 0 heterocycles. The van der Waals surface area contributed by atoms with Gasteiger partial charge in [-0.05, 0) is 25.1 Å². The standard InChI is InChI=1S/C13H13NO5/c1-9(6-14)19-13(16)8-18-11-4-3-10(7-15)5-12(11)17-2/h3-5,7,9H,8H2,1-2H3/t9-/m1/s1. The van der Waals surface area contributed by atoms with Gasteiger partial charge in [0.15, 0.2) is 24.2 Å². The molecule has 1 rings (SSSR count). The molecule has 0 radical (unpaired) electrons. The first-order chi connectivity index (χ1) is 9.10. The van der Waals surface area contributed by atoms with Gasteiger partial charge < -0.3 is 14.2 Å². The van der Waals surface area contributed by atoms with E-state index in [2.05, 4.69) is 0 Å². The molecule has 1 atom stereocenters. The Morgan fingerprint density at radius 3 is 2.79 bits per heavy atom. The lowest BCUT2D eigenvalue weighted by atomic mass is 10.2. The lowest BCUT2D eigenvalue weighted by Gasteiger charge is -2.11. The molecule has 1 aromatic rings. The second-order valence-electron chi connectivity index (χ2n) is 3.58. The third-order valence-electron chi connectivity index (χ3n) is 2.16. The molecule has 0 saturated carbocycles. The summed E-state index contributed by atoms with van der Waals surface area (Å²) >= 11 is 0. The Bertz CT molecular complexity index is 506. The number of esters is 1. The quantitative estimate of drug-likeness (QED) is 0.568. The molecule has 19 heavy (non-hydrogen) atoms. The predicted molar refractivity (Wildman–Crippen MR) is 65.0 cm³/mol. The van der Waals surface area contributed by atoms with Crippen molar-refractivity contribution in [3.63, 3.8) is 0 Å². The van der Waals surface area contributed by atoms with E-state index in [0.29, 0.717) is 23.3 Å². The Morgan fingerprint density at radius 2 is 2.21 bits per heavy atom. The summed E-state index contributed by atoms with van der Waals surface area (Å²) in [6.45, 7) is 1.11. The molecule has 0 spiro atoms. The largest absolute Gasteiger partial charge is 0.493 e. The third-order valence-corrected chi connectivity index (χ3v) is 2.16. The van der Waals surface area contributed by atoms with Crippen LogP contribution in [-0.2, 0) is 9.53 Å². The summed E-state index contributed by atoms with van der Waals surface area (Å²) in [6.07, 6.45) is -0.148. The summed E-state index contributed by atoms with van der Waals surface area (Å²) < 4.78 is 15.0. The van der Waals surface area contributed by atoms with Crippen LogP contribution in [0.5, 0.6) is 11.5 Å². The van der Waals surface area contributed by atoms with Crippen molar-refractivity contribution in [2.75, 3.05) is 13.7 Å². The monoisotopic (exact) mass is 263 g/mol. The molecule has 6 heteroatoms. The smallest absolute Gasteiger partial charge is 0.345 e. The van der Waals surface area contributed by atoms with Gasteiger partial charge in [0.2, 0.25) is 0 Å². The highest BCUT2D eigenvalue weighted by molar-refractivity contribution is 5.76. The number of ether oxygens (including phenoxy) is 3. The second kappa shape index (κ2) is 7.01. The van der Waals surface area contributed by atoms with E-state index in [9.17, 15) is 9.59 Å². The lowest BCUT2D eigenvalue weighted by molar-refractivity contribution is -0.148. The number of benzene rings is 1. The van der Waals surface area contributed by atoms with Crippen LogP contribution in [0.3, 0.4) is 0 Å². The number of hydrogen-bond donors (Lipinski definition) is 0. The molecule has 0 aliphatic carbocycles. The summed E-state index contributed by atoms with van der Waals surface area (Å²) in [5.41, 5.74) is 0.435. The van der Waals surface area contributed by atoms with Crippen molar-refractivity contribution >= 4 is 12.3 Å². The molecular formula is C13H13NO5. The molecule has 6 nitrogen and oxygen atoms in total. The minimum atomic E-state index is -0.824. The summed E-state index contributed by atoms with van der Waals surface area (Å²) in [5.74, 6) is -0.00374. The van der Waals surface area contributed by atoms with Gasteiger partial charge in [-0.1, -0.05) is 0 Å². The van der Waals surface area contributed by atoms with Gasteiger partial charge in [-0.25, -0.2) is 4.79 Å². The van der Waals surface area contributed by atoms with Crippen LogP contribution >= 0.6 is 0 Å². The number of aldehydes is 1. The normalized spacial score (nSPS) is 11.0. The highest BCUT2D eigenvalue weighted by Crippen LogP contribution is 2.27. The molecule has 100 valence electrons. The Labute approximate surface area is 110 Å². The van der Waals surface area contributed by atoms with Crippen molar-refractivity contribution in [1.29, 1.82) is 5.26 Å². The Morgan fingerprint density at radius 1 is 1.47 bits per heavy atom.